The zero-order valence-corrected chi connectivity index (χ0v) is 57.8. The van der Waals surface area contributed by atoms with Crippen molar-refractivity contribution in [2.45, 2.75) is 386 Å². The number of likely N-dealkylation sites (N-methyl/N-ethyl adjacent to an activating group) is 1. The molecule has 0 fully saturated rings. The number of ether oxygens (including phenoxy) is 1. The lowest BCUT2D eigenvalue weighted by atomic mass is 10.0. The molecule has 0 bridgehead atoms. The molecule has 1 N–H and O–H groups in total. The van der Waals surface area contributed by atoms with E-state index < -0.39 is 20.0 Å². The number of phosphoric acid groups is 1. The molecule has 0 aliphatic carbocycles. The van der Waals surface area contributed by atoms with Crippen molar-refractivity contribution in [1.82, 2.24) is 5.32 Å². The van der Waals surface area contributed by atoms with Crippen LogP contribution in [-0.2, 0) is 27.9 Å². The number of nitrogens with one attached hydrogen (secondary N) is 1. The van der Waals surface area contributed by atoms with Crippen LogP contribution in [0.2, 0.25) is 0 Å². The minimum atomic E-state index is -4.70. The second-order valence-electron chi connectivity index (χ2n) is 26.4. The van der Waals surface area contributed by atoms with Gasteiger partial charge < -0.3 is 28.5 Å². The fourth-order valence-corrected chi connectivity index (χ4v) is 11.8. The highest BCUT2D eigenvalue weighted by Crippen LogP contribution is 2.38. The van der Waals surface area contributed by atoms with Crippen LogP contribution in [0.15, 0.2) is 36.5 Å². The monoisotopic (exact) mass is 1200 g/mol. The normalized spacial score (nSPS) is 13.7. The third-order valence-electron chi connectivity index (χ3n) is 16.8. The third kappa shape index (κ3) is 64.7. The van der Waals surface area contributed by atoms with Gasteiger partial charge in [0.1, 0.15) is 19.3 Å². The van der Waals surface area contributed by atoms with E-state index >= 15 is 0 Å². The smallest absolute Gasteiger partial charge is 0.306 e. The molecule has 84 heavy (non-hydrogen) atoms. The number of hydrogen-bond donors (Lipinski definition) is 1. The topological polar surface area (TPSA) is 114 Å². The standard InChI is InChI=1S/C74H143N2O7P/c1-7-10-13-16-19-22-25-28-30-32-34-35-36-37-38-39-40-41-43-45-47-49-52-55-58-61-64-67-74(78)83-72(65-62-59-56-53-50-27-24-21-18-15-12-9-3)71(70-82-84(79,80)81-69-68-76(4,5)6)75-73(77)66-63-60-57-54-51-48-46-44-42-33-31-29-26-23-20-17-14-11-8-2/h28-31,62,65,71-72H,7-27,32-61,63-64,66-70H2,1-6H3,(H-,75,77,79,80)/b30-28+,31-29+,65-62-. The largest absolute Gasteiger partial charge is 0.756 e. The summed E-state index contributed by atoms with van der Waals surface area (Å²) in [4.78, 5) is 40.2. The lowest BCUT2D eigenvalue weighted by Gasteiger charge is -2.30. The molecular weight excluding hydrogens is 1060 g/mol. The van der Waals surface area contributed by atoms with E-state index in [0.29, 0.717) is 17.4 Å². The van der Waals surface area contributed by atoms with E-state index in [4.69, 9.17) is 13.8 Å². The van der Waals surface area contributed by atoms with E-state index in [1.807, 2.05) is 33.3 Å². The fraction of sp³-hybridized carbons (Fsp3) is 0.892. The van der Waals surface area contributed by atoms with Gasteiger partial charge in [-0.1, -0.05) is 314 Å². The first-order chi connectivity index (χ1) is 40.9. The van der Waals surface area contributed by atoms with E-state index in [1.54, 1.807) is 0 Å². The van der Waals surface area contributed by atoms with Crippen LogP contribution in [0.3, 0.4) is 0 Å². The van der Waals surface area contributed by atoms with Gasteiger partial charge in [-0.3, -0.25) is 14.2 Å². The molecule has 1 amide bonds. The third-order valence-corrected chi connectivity index (χ3v) is 17.8. The van der Waals surface area contributed by atoms with Gasteiger partial charge in [0.25, 0.3) is 7.82 Å². The minimum Gasteiger partial charge on any atom is -0.756 e. The van der Waals surface area contributed by atoms with Crippen LogP contribution < -0.4 is 10.2 Å². The number of unbranched alkanes of at least 4 members (excludes halogenated alkanes) is 48. The predicted octanol–water partition coefficient (Wildman–Crippen LogP) is 22.8. The zero-order valence-electron chi connectivity index (χ0n) is 56.9. The number of nitrogens with zero attached hydrogens (tertiary/aromatic N) is 1. The van der Waals surface area contributed by atoms with Gasteiger partial charge >= 0.3 is 5.97 Å². The lowest BCUT2D eigenvalue weighted by molar-refractivity contribution is -0.870. The van der Waals surface area contributed by atoms with Crippen molar-refractivity contribution < 1.29 is 37.3 Å². The molecular formula is C74H143N2O7P. The summed E-state index contributed by atoms with van der Waals surface area (Å²) in [7, 11) is 1.20. The van der Waals surface area contributed by atoms with E-state index in [1.165, 1.54) is 283 Å². The Hall–Kier alpha value is -1.77. The summed E-state index contributed by atoms with van der Waals surface area (Å²) >= 11 is 0. The van der Waals surface area contributed by atoms with Gasteiger partial charge in [-0.25, -0.2) is 0 Å². The van der Waals surface area contributed by atoms with Gasteiger partial charge in [0.05, 0.1) is 33.8 Å². The molecule has 0 rings (SSSR count). The summed E-state index contributed by atoms with van der Waals surface area (Å²) in [5.74, 6) is -0.523. The summed E-state index contributed by atoms with van der Waals surface area (Å²) < 4.78 is 30.5. The Kier molecular flexibility index (Phi) is 62.9. The highest BCUT2D eigenvalue weighted by atomic mass is 31.2. The maximum atomic E-state index is 13.6. The van der Waals surface area contributed by atoms with E-state index in [9.17, 15) is 19.0 Å². The predicted molar refractivity (Wildman–Crippen MR) is 363 cm³/mol. The van der Waals surface area contributed by atoms with Gasteiger partial charge in [-0.15, -0.1) is 0 Å². The fourth-order valence-electron chi connectivity index (χ4n) is 11.1. The molecule has 0 heterocycles. The second kappa shape index (κ2) is 64.2. The number of carbonyl (C=O) groups excluding carboxylic acids is 2. The maximum Gasteiger partial charge on any atom is 0.306 e. The number of allylic oxidation sites excluding steroid dienone is 5. The molecule has 9 nitrogen and oxygen atoms in total. The van der Waals surface area contributed by atoms with Crippen molar-refractivity contribution in [3.63, 3.8) is 0 Å². The van der Waals surface area contributed by atoms with Gasteiger partial charge in [0.15, 0.2) is 0 Å². The molecule has 496 valence electrons. The molecule has 0 aliphatic rings. The zero-order chi connectivity index (χ0) is 61.4. The molecule has 0 saturated carbocycles. The van der Waals surface area contributed by atoms with Crippen molar-refractivity contribution in [1.29, 1.82) is 0 Å². The number of phosphoric ester groups is 1. The summed E-state index contributed by atoms with van der Waals surface area (Å²) in [6.07, 6.45) is 79.9. The molecule has 10 heteroatoms. The Bertz CT molecular complexity index is 1530. The number of esters is 1. The Balaban J connectivity index is 4.97. The molecule has 0 aromatic heterocycles. The Morgan fingerprint density at radius 1 is 0.405 bits per heavy atom. The summed E-state index contributed by atoms with van der Waals surface area (Å²) in [6.45, 7) is 6.89. The first-order valence-electron chi connectivity index (χ1n) is 36.8. The molecule has 3 atom stereocenters. The van der Waals surface area contributed by atoms with E-state index in [2.05, 4.69) is 50.4 Å². The lowest BCUT2D eigenvalue weighted by Crippen LogP contribution is -2.47. The van der Waals surface area contributed by atoms with Crippen LogP contribution in [0, 0.1) is 0 Å². The average molecular weight is 1200 g/mol. The van der Waals surface area contributed by atoms with Gasteiger partial charge in [0, 0.05) is 12.8 Å². The summed E-state index contributed by atoms with van der Waals surface area (Å²) in [5, 5.41) is 3.05. The number of hydrogen-bond acceptors (Lipinski definition) is 7. The van der Waals surface area contributed by atoms with Gasteiger partial charge in [-0.05, 0) is 83.1 Å². The Morgan fingerprint density at radius 2 is 0.690 bits per heavy atom. The SMILES string of the molecule is CCCCCCCC/C=C/CCCCCCCCCCCCCCCCCCCC(=O)OC(/C=C\CCCCCCCCCCCC)C(COP(=O)([O-])OCC[N+](C)(C)C)NC(=O)CCCCCCCCCCC/C=C/CCCCCCCC. The van der Waals surface area contributed by atoms with Crippen molar-refractivity contribution in [3.8, 4) is 0 Å². The number of amides is 1. The number of quaternary nitrogens is 1. The van der Waals surface area contributed by atoms with Gasteiger partial charge in [-0.2, -0.15) is 0 Å². The number of rotatable bonds is 68. The Labute approximate surface area is 523 Å². The van der Waals surface area contributed by atoms with Crippen LogP contribution in [-0.4, -0.2) is 69.4 Å². The highest BCUT2D eigenvalue weighted by molar-refractivity contribution is 7.45. The summed E-state index contributed by atoms with van der Waals surface area (Å²) in [6, 6.07) is -0.887. The molecule has 3 unspecified atom stereocenters. The van der Waals surface area contributed by atoms with Crippen LogP contribution in [0.5, 0.6) is 0 Å². The van der Waals surface area contributed by atoms with Crippen molar-refractivity contribution >= 4 is 19.7 Å². The van der Waals surface area contributed by atoms with Crippen LogP contribution in [0.25, 0.3) is 0 Å². The maximum absolute atomic E-state index is 13.6. The quantitative estimate of drug-likeness (QED) is 0.0212. The molecule has 0 aromatic rings. The average Bonchev–Trinajstić information content (AvgIpc) is 3.65. The molecule has 0 radical (unpaired) electrons. The first-order valence-corrected chi connectivity index (χ1v) is 38.3. The molecule has 0 aromatic carbocycles. The number of carbonyl (C=O) groups is 2. The Morgan fingerprint density at radius 3 is 1.01 bits per heavy atom. The van der Waals surface area contributed by atoms with Crippen LogP contribution in [0.1, 0.15) is 374 Å². The second-order valence-corrected chi connectivity index (χ2v) is 27.9. The van der Waals surface area contributed by atoms with Crippen molar-refractivity contribution in [3.05, 3.63) is 36.5 Å². The highest BCUT2D eigenvalue weighted by Gasteiger charge is 2.27. The molecule has 0 saturated heterocycles. The van der Waals surface area contributed by atoms with E-state index in [0.717, 1.165) is 57.8 Å². The minimum absolute atomic E-state index is 0.0199. The summed E-state index contributed by atoms with van der Waals surface area (Å²) in [5.41, 5.74) is 0. The van der Waals surface area contributed by atoms with Crippen molar-refractivity contribution in [2.24, 2.45) is 0 Å². The van der Waals surface area contributed by atoms with Gasteiger partial charge in [0.2, 0.25) is 5.91 Å². The molecule has 0 spiro atoms. The van der Waals surface area contributed by atoms with Crippen molar-refractivity contribution in [2.75, 3.05) is 40.9 Å². The molecule has 0 aliphatic heterocycles. The van der Waals surface area contributed by atoms with Crippen LogP contribution in [0.4, 0.5) is 0 Å². The first kappa shape index (κ1) is 82.2. The van der Waals surface area contributed by atoms with E-state index in [-0.39, 0.29) is 31.5 Å². The van der Waals surface area contributed by atoms with Crippen LogP contribution >= 0.6 is 7.82 Å².